The number of hydrogen-bond acceptors (Lipinski definition) is 2. The van der Waals surface area contributed by atoms with Crippen molar-refractivity contribution in [3.05, 3.63) is 59.9 Å². The van der Waals surface area contributed by atoms with Crippen molar-refractivity contribution < 1.29 is 0 Å². The van der Waals surface area contributed by atoms with Gasteiger partial charge in [0.1, 0.15) is 0 Å². The standard InChI is InChI=1S/C15H19N3/c1-4-9-16-15-17-13(3)10-18(15)11-14-7-5-12(2)6-8-14/h4-8,10H,1,9,11H2,2-3H3,(H,16,17). The largest absolute Gasteiger partial charge is 0.352 e. The molecule has 0 saturated carbocycles. The van der Waals surface area contributed by atoms with Gasteiger partial charge >= 0.3 is 0 Å². The first kappa shape index (κ1) is 12.4. The number of hydrogen-bond donors (Lipinski definition) is 1. The Morgan fingerprint density at radius 3 is 2.67 bits per heavy atom. The SMILES string of the molecule is C=CCNc1nc(C)cn1Cc1ccc(C)cc1. The molecule has 1 heterocycles. The topological polar surface area (TPSA) is 29.9 Å². The fourth-order valence-corrected chi connectivity index (χ4v) is 1.86. The van der Waals surface area contributed by atoms with E-state index < -0.39 is 0 Å². The van der Waals surface area contributed by atoms with E-state index >= 15 is 0 Å². The third-order valence-corrected chi connectivity index (χ3v) is 2.78. The van der Waals surface area contributed by atoms with Gasteiger partial charge in [-0.05, 0) is 19.4 Å². The maximum atomic E-state index is 4.47. The second-order valence-corrected chi connectivity index (χ2v) is 4.49. The Kier molecular flexibility index (Phi) is 3.82. The molecule has 0 saturated heterocycles. The molecule has 0 aliphatic heterocycles. The van der Waals surface area contributed by atoms with Gasteiger partial charge in [-0.1, -0.05) is 35.9 Å². The third kappa shape index (κ3) is 3.00. The Balaban J connectivity index is 2.17. The smallest absolute Gasteiger partial charge is 0.203 e. The average molecular weight is 241 g/mol. The molecule has 0 atom stereocenters. The van der Waals surface area contributed by atoms with Gasteiger partial charge < -0.3 is 9.88 Å². The molecule has 0 radical (unpaired) electrons. The lowest BCUT2D eigenvalue weighted by Crippen LogP contribution is -2.07. The number of imidazole rings is 1. The fraction of sp³-hybridized carbons (Fsp3) is 0.267. The summed E-state index contributed by atoms with van der Waals surface area (Å²) in [5.41, 5.74) is 3.58. The van der Waals surface area contributed by atoms with E-state index in [9.17, 15) is 0 Å². The van der Waals surface area contributed by atoms with Crippen LogP contribution in [0, 0.1) is 13.8 Å². The molecule has 2 rings (SSSR count). The minimum Gasteiger partial charge on any atom is -0.352 e. The van der Waals surface area contributed by atoms with Crippen LogP contribution in [0.4, 0.5) is 5.95 Å². The summed E-state index contributed by atoms with van der Waals surface area (Å²) >= 11 is 0. The van der Waals surface area contributed by atoms with Crippen molar-refractivity contribution in [2.45, 2.75) is 20.4 Å². The van der Waals surface area contributed by atoms with Crippen molar-refractivity contribution in [1.29, 1.82) is 0 Å². The van der Waals surface area contributed by atoms with Crippen LogP contribution in [-0.2, 0) is 6.54 Å². The van der Waals surface area contributed by atoms with Crippen LogP contribution < -0.4 is 5.32 Å². The van der Waals surface area contributed by atoms with Gasteiger partial charge in [0, 0.05) is 12.7 Å². The number of aryl methyl sites for hydroxylation is 2. The molecule has 94 valence electrons. The normalized spacial score (nSPS) is 10.3. The molecule has 0 amide bonds. The van der Waals surface area contributed by atoms with E-state index in [0.717, 1.165) is 24.7 Å². The number of anilines is 1. The number of nitrogens with one attached hydrogen (secondary N) is 1. The van der Waals surface area contributed by atoms with Gasteiger partial charge in [0.25, 0.3) is 0 Å². The molecule has 3 nitrogen and oxygen atoms in total. The van der Waals surface area contributed by atoms with Crippen LogP contribution in [0.1, 0.15) is 16.8 Å². The summed E-state index contributed by atoms with van der Waals surface area (Å²) in [6.07, 6.45) is 3.89. The molecular formula is C15H19N3. The van der Waals surface area contributed by atoms with Gasteiger partial charge in [-0.15, -0.1) is 6.58 Å². The Labute approximate surface area is 108 Å². The lowest BCUT2D eigenvalue weighted by Gasteiger charge is -2.08. The molecular weight excluding hydrogens is 222 g/mol. The summed E-state index contributed by atoms with van der Waals surface area (Å²) in [6.45, 7) is 9.37. The minimum absolute atomic E-state index is 0.727. The predicted molar refractivity (Wildman–Crippen MR) is 75.9 cm³/mol. The molecule has 3 heteroatoms. The summed E-state index contributed by atoms with van der Waals surface area (Å²) in [5.74, 6) is 0.896. The highest BCUT2D eigenvalue weighted by atomic mass is 15.2. The van der Waals surface area contributed by atoms with E-state index in [1.54, 1.807) is 0 Å². The molecule has 2 aromatic rings. The van der Waals surface area contributed by atoms with Gasteiger partial charge in [-0.3, -0.25) is 0 Å². The van der Waals surface area contributed by atoms with Gasteiger partial charge in [0.15, 0.2) is 0 Å². The van der Waals surface area contributed by atoms with Crippen LogP contribution in [0.25, 0.3) is 0 Å². The van der Waals surface area contributed by atoms with E-state index in [1.165, 1.54) is 11.1 Å². The van der Waals surface area contributed by atoms with Crippen LogP contribution in [0.5, 0.6) is 0 Å². The number of rotatable bonds is 5. The highest BCUT2D eigenvalue weighted by Crippen LogP contribution is 2.12. The number of nitrogens with zero attached hydrogens (tertiary/aromatic N) is 2. The highest BCUT2D eigenvalue weighted by molar-refractivity contribution is 5.31. The summed E-state index contributed by atoms with van der Waals surface area (Å²) < 4.78 is 2.13. The average Bonchev–Trinajstić information content (AvgIpc) is 2.70. The van der Waals surface area contributed by atoms with E-state index in [-0.39, 0.29) is 0 Å². The Hall–Kier alpha value is -2.03. The first-order valence-corrected chi connectivity index (χ1v) is 6.13. The van der Waals surface area contributed by atoms with Crippen LogP contribution in [-0.4, -0.2) is 16.1 Å². The Morgan fingerprint density at radius 2 is 2.00 bits per heavy atom. The molecule has 1 N–H and O–H groups in total. The van der Waals surface area contributed by atoms with Crippen LogP contribution in [0.2, 0.25) is 0 Å². The Morgan fingerprint density at radius 1 is 1.28 bits per heavy atom. The lowest BCUT2D eigenvalue weighted by atomic mass is 10.1. The predicted octanol–water partition coefficient (Wildman–Crippen LogP) is 3.15. The van der Waals surface area contributed by atoms with Gasteiger partial charge in [0.2, 0.25) is 5.95 Å². The van der Waals surface area contributed by atoms with E-state index in [0.29, 0.717) is 0 Å². The summed E-state index contributed by atoms with van der Waals surface area (Å²) in [5, 5.41) is 3.25. The van der Waals surface area contributed by atoms with Crippen LogP contribution in [0.15, 0.2) is 43.1 Å². The summed E-state index contributed by atoms with van der Waals surface area (Å²) in [6, 6.07) is 8.58. The zero-order chi connectivity index (χ0) is 13.0. The van der Waals surface area contributed by atoms with Crippen molar-refractivity contribution in [1.82, 2.24) is 9.55 Å². The quantitative estimate of drug-likeness (QED) is 0.815. The third-order valence-electron chi connectivity index (χ3n) is 2.78. The minimum atomic E-state index is 0.727. The maximum absolute atomic E-state index is 4.47. The van der Waals surface area contributed by atoms with Crippen molar-refractivity contribution in [2.75, 3.05) is 11.9 Å². The molecule has 0 unspecified atom stereocenters. The maximum Gasteiger partial charge on any atom is 0.203 e. The molecule has 0 bridgehead atoms. The van der Waals surface area contributed by atoms with Crippen molar-refractivity contribution >= 4 is 5.95 Å². The lowest BCUT2D eigenvalue weighted by molar-refractivity contribution is 0.801. The second kappa shape index (κ2) is 5.54. The Bertz CT molecular complexity index is 523. The van der Waals surface area contributed by atoms with Crippen molar-refractivity contribution in [3.63, 3.8) is 0 Å². The second-order valence-electron chi connectivity index (χ2n) is 4.49. The summed E-state index contributed by atoms with van der Waals surface area (Å²) in [4.78, 5) is 4.47. The zero-order valence-electron chi connectivity index (χ0n) is 11.0. The van der Waals surface area contributed by atoms with Crippen molar-refractivity contribution in [2.24, 2.45) is 0 Å². The van der Waals surface area contributed by atoms with Crippen LogP contribution >= 0.6 is 0 Å². The van der Waals surface area contributed by atoms with Gasteiger partial charge in [0.05, 0.1) is 12.2 Å². The zero-order valence-corrected chi connectivity index (χ0v) is 11.0. The van der Waals surface area contributed by atoms with Gasteiger partial charge in [-0.2, -0.15) is 0 Å². The summed E-state index contributed by atoms with van der Waals surface area (Å²) in [7, 11) is 0. The fourth-order valence-electron chi connectivity index (χ4n) is 1.86. The van der Waals surface area contributed by atoms with E-state index in [2.05, 4.69) is 58.8 Å². The monoisotopic (exact) mass is 241 g/mol. The molecule has 0 aliphatic carbocycles. The first-order chi connectivity index (χ1) is 8.69. The highest BCUT2D eigenvalue weighted by Gasteiger charge is 2.04. The number of benzene rings is 1. The molecule has 0 fully saturated rings. The van der Waals surface area contributed by atoms with Crippen molar-refractivity contribution in [3.8, 4) is 0 Å². The van der Waals surface area contributed by atoms with E-state index in [1.807, 2.05) is 13.0 Å². The molecule has 0 aliphatic rings. The molecule has 18 heavy (non-hydrogen) atoms. The van der Waals surface area contributed by atoms with Crippen LogP contribution in [0.3, 0.4) is 0 Å². The molecule has 1 aromatic heterocycles. The first-order valence-electron chi connectivity index (χ1n) is 6.13. The van der Waals surface area contributed by atoms with Gasteiger partial charge in [-0.25, -0.2) is 4.98 Å². The molecule has 1 aromatic carbocycles. The van der Waals surface area contributed by atoms with E-state index in [4.69, 9.17) is 0 Å². The molecule has 0 spiro atoms. The number of aromatic nitrogens is 2.